The molecule has 0 radical (unpaired) electrons. The van der Waals surface area contributed by atoms with Crippen molar-refractivity contribution in [1.82, 2.24) is 20.0 Å². The Bertz CT molecular complexity index is 1110. The van der Waals surface area contributed by atoms with Crippen LogP contribution < -0.4 is 9.64 Å². The van der Waals surface area contributed by atoms with Gasteiger partial charge in [-0.25, -0.2) is 9.97 Å². The van der Waals surface area contributed by atoms with E-state index in [-0.39, 0.29) is 11.9 Å². The maximum atomic E-state index is 13.6. The number of likely N-dealkylation sites (tertiary alicyclic amines) is 1. The smallest absolute Gasteiger partial charge is 0.258 e. The molecule has 1 aliphatic rings. The van der Waals surface area contributed by atoms with E-state index >= 15 is 0 Å². The first-order valence-corrected chi connectivity index (χ1v) is 10.3. The topological polar surface area (TPSA) is 84.6 Å². The standard InChI is InChI=1S/C23H27N5O3/c1-14-8-6-9-16(21(14)30-5)22(29)28-11-7-10-18(28)20-17(19-12-15(2)26-31-19)13-24-23(25-20)27(3)4/h6,8-9,12-13,18H,7,10-11H2,1-5H3/t18-/m0/s1. The van der Waals surface area contributed by atoms with Gasteiger partial charge in [0.25, 0.3) is 5.91 Å². The molecule has 8 nitrogen and oxygen atoms in total. The van der Waals surface area contributed by atoms with Crippen LogP contribution in [0, 0.1) is 13.8 Å². The molecule has 0 unspecified atom stereocenters. The number of amides is 1. The maximum absolute atomic E-state index is 13.6. The molecule has 8 heteroatoms. The van der Waals surface area contributed by atoms with Crippen LogP contribution in [0.25, 0.3) is 11.3 Å². The minimum atomic E-state index is -0.195. The van der Waals surface area contributed by atoms with Crippen molar-refractivity contribution in [1.29, 1.82) is 0 Å². The second-order valence-electron chi connectivity index (χ2n) is 8.01. The molecule has 0 saturated carbocycles. The molecule has 1 amide bonds. The molecular formula is C23H27N5O3. The Morgan fingerprint density at radius 3 is 2.77 bits per heavy atom. The highest BCUT2D eigenvalue weighted by molar-refractivity contribution is 5.98. The zero-order valence-electron chi connectivity index (χ0n) is 18.5. The fraction of sp³-hybridized carbons (Fsp3) is 0.391. The van der Waals surface area contributed by atoms with Gasteiger partial charge in [-0.15, -0.1) is 0 Å². The minimum Gasteiger partial charge on any atom is -0.496 e. The molecule has 31 heavy (non-hydrogen) atoms. The molecule has 1 fully saturated rings. The van der Waals surface area contributed by atoms with Crippen LogP contribution in [0.2, 0.25) is 0 Å². The first-order chi connectivity index (χ1) is 14.9. The number of benzene rings is 1. The summed E-state index contributed by atoms with van der Waals surface area (Å²) < 4.78 is 11.1. The van der Waals surface area contributed by atoms with E-state index in [1.54, 1.807) is 13.3 Å². The first-order valence-electron chi connectivity index (χ1n) is 10.3. The number of carbonyl (C=O) groups excluding carboxylic acids is 1. The predicted octanol–water partition coefficient (Wildman–Crippen LogP) is 3.80. The van der Waals surface area contributed by atoms with Crippen molar-refractivity contribution >= 4 is 11.9 Å². The van der Waals surface area contributed by atoms with Crippen LogP contribution in [-0.4, -0.2) is 53.7 Å². The molecule has 1 atom stereocenters. The maximum Gasteiger partial charge on any atom is 0.258 e. The molecule has 1 aliphatic heterocycles. The summed E-state index contributed by atoms with van der Waals surface area (Å²) in [5.74, 6) is 1.74. The highest BCUT2D eigenvalue weighted by Gasteiger charge is 2.35. The number of carbonyl (C=O) groups is 1. The highest BCUT2D eigenvalue weighted by atomic mass is 16.5. The Labute approximate surface area is 181 Å². The molecule has 3 heterocycles. The summed E-state index contributed by atoms with van der Waals surface area (Å²) in [4.78, 5) is 26.6. The van der Waals surface area contributed by atoms with Crippen LogP contribution in [0.3, 0.4) is 0 Å². The zero-order chi connectivity index (χ0) is 22.1. The molecule has 1 aromatic carbocycles. The van der Waals surface area contributed by atoms with Crippen LogP contribution in [0.1, 0.15) is 46.2 Å². The van der Waals surface area contributed by atoms with E-state index in [0.29, 0.717) is 29.6 Å². The summed E-state index contributed by atoms with van der Waals surface area (Å²) in [5.41, 5.74) is 3.80. The van der Waals surface area contributed by atoms with Crippen molar-refractivity contribution in [2.75, 3.05) is 32.6 Å². The van der Waals surface area contributed by atoms with Gasteiger partial charge in [0.15, 0.2) is 5.76 Å². The number of aromatic nitrogens is 3. The number of ether oxygens (including phenoxy) is 1. The van der Waals surface area contributed by atoms with Gasteiger partial charge >= 0.3 is 0 Å². The normalized spacial score (nSPS) is 15.9. The van der Waals surface area contributed by atoms with Gasteiger partial charge in [0.2, 0.25) is 5.95 Å². The summed E-state index contributed by atoms with van der Waals surface area (Å²) in [6.45, 7) is 4.46. The van der Waals surface area contributed by atoms with Crippen LogP contribution in [0.5, 0.6) is 5.75 Å². The summed E-state index contributed by atoms with van der Waals surface area (Å²) in [6, 6.07) is 7.31. The number of methoxy groups -OCH3 is 1. The molecule has 0 aliphatic carbocycles. The van der Waals surface area contributed by atoms with E-state index < -0.39 is 0 Å². The lowest BCUT2D eigenvalue weighted by Crippen LogP contribution is -2.32. The molecule has 0 spiro atoms. The third-order valence-electron chi connectivity index (χ3n) is 5.57. The molecule has 1 saturated heterocycles. The molecular weight excluding hydrogens is 394 g/mol. The van der Waals surface area contributed by atoms with E-state index in [9.17, 15) is 4.79 Å². The van der Waals surface area contributed by atoms with Crippen molar-refractivity contribution in [2.24, 2.45) is 0 Å². The van der Waals surface area contributed by atoms with E-state index in [1.165, 1.54) is 0 Å². The SMILES string of the molecule is COc1c(C)cccc1C(=O)N1CCC[C@H]1c1nc(N(C)C)ncc1-c1cc(C)no1. The van der Waals surface area contributed by atoms with Gasteiger partial charge in [-0.05, 0) is 38.3 Å². The zero-order valence-corrected chi connectivity index (χ0v) is 18.5. The van der Waals surface area contributed by atoms with E-state index in [0.717, 1.165) is 35.4 Å². The summed E-state index contributed by atoms with van der Waals surface area (Å²) >= 11 is 0. The Morgan fingerprint density at radius 1 is 1.29 bits per heavy atom. The number of aryl methyl sites for hydroxylation is 2. The van der Waals surface area contributed by atoms with Crippen molar-refractivity contribution in [3.05, 3.63) is 53.0 Å². The van der Waals surface area contributed by atoms with Gasteiger partial charge in [-0.2, -0.15) is 0 Å². The van der Waals surface area contributed by atoms with Crippen molar-refractivity contribution < 1.29 is 14.1 Å². The largest absolute Gasteiger partial charge is 0.496 e. The van der Waals surface area contributed by atoms with E-state index in [4.69, 9.17) is 14.2 Å². The minimum absolute atomic E-state index is 0.0623. The molecule has 3 aromatic rings. The number of hydrogen-bond acceptors (Lipinski definition) is 7. The van der Waals surface area contributed by atoms with Gasteiger partial charge in [0.1, 0.15) is 5.75 Å². The number of nitrogens with zero attached hydrogens (tertiary/aromatic N) is 5. The quantitative estimate of drug-likeness (QED) is 0.619. The lowest BCUT2D eigenvalue weighted by atomic mass is 10.0. The van der Waals surface area contributed by atoms with Gasteiger partial charge in [0.05, 0.1) is 35.7 Å². The number of anilines is 1. The average Bonchev–Trinajstić information content (AvgIpc) is 3.41. The predicted molar refractivity (Wildman–Crippen MR) is 117 cm³/mol. The van der Waals surface area contributed by atoms with Crippen molar-refractivity contribution in [3.63, 3.8) is 0 Å². The lowest BCUT2D eigenvalue weighted by molar-refractivity contribution is 0.0729. The average molecular weight is 422 g/mol. The highest BCUT2D eigenvalue weighted by Crippen LogP contribution is 2.39. The monoisotopic (exact) mass is 421 g/mol. The number of para-hydroxylation sites is 1. The van der Waals surface area contributed by atoms with Crippen LogP contribution >= 0.6 is 0 Å². The van der Waals surface area contributed by atoms with E-state index in [1.807, 2.05) is 62.0 Å². The van der Waals surface area contributed by atoms with Crippen molar-refractivity contribution in [3.8, 4) is 17.1 Å². The second-order valence-corrected chi connectivity index (χ2v) is 8.01. The third-order valence-corrected chi connectivity index (χ3v) is 5.57. The lowest BCUT2D eigenvalue weighted by Gasteiger charge is -2.27. The molecule has 162 valence electrons. The Morgan fingerprint density at radius 2 is 2.10 bits per heavy atom. The van der Waals surface area contributed by atoms with Gasteiger partial charge in [0, 0.05) is 32.9 Å². The number of rotatable bonds is 5. The van der Waals surface area contributed by atoms with Crippen molar-refractivity contribution in [2.45, 2.75) is 32.7 Å². The molecule has 2 aromatic heterocycles. The second kappa shape index (κ2) is 8.37. The molecule has 4 rings (SSSR count). The summed E-state index contributed by atoms with van der Waals surface area (Å²) in [6.07, 6.45) is 3.45. The summed E-state index contributed by atoms with van der Waals surface area (Å²) in [5, 5.41) is 4.01. The van der Waals surface area contributed by atoms with Crippen LogP contribution in [0.4, 0.5) is 5.95 Å². The number of hydrogen-bond donors (Lipinski definition) is 0. The van der Waals surface area contributed by atoms with E-state index in [2.05, 4.69) is 10.1 Å². The Balaban J connectivity index is 1.79. The molecule has 0 N–H and O–H groups in total. The van der Waals surface area contributed by atoms with Gasteiger partial charge < -0.3 is 19.1 Å². The Hall–Kier alpha value is -3.42. The van der Waals surface area contributed by atoms with Gasteiger partial charge in [-0.3, -0.25) is 4.79 Å². The summed E-state index contributed by atoms with van der Waals surface area (Å²) in [7, 11) is 5.39. The first kappa shape index (κ1) is 20.8. The van der Waals surface area contributed by atoms with Crippen LogP contribution in [0.15, 0.2) is 35.0 Å². The van der Waals surface area contributed by atoms with Crippen LogP contribution in [-0.2, 0) is 0 Å². The molecule has 0 bridgehead atoms. The fourth-order valence-corrected chi connectivity index (χ4v) is 4.08. The van der Waals surface area contributed by atoms with Gasteiger partial charge in [-0.1, -0.05) is 17.3 Å². The fourth-order valence-electron chi connectivity index (χ4n) is 4.08. The Kier molecular flexibility index (Phi) is 5.63. The third kappa shape index (κ3) is 3.85.